The van der Waals surface area contributed by atoms with Crippen LogP contribution in [0.4, 0.5) is 0 Å². The molecule has 0 spiro atoms. The van der Waals surface area contributed by atoms with Crippen LogP contribution in [0.25, 0.3) is 0 Å². The molecule has 3 rings (SSSR count). The maximum absolute atomic E-state index is 2.66. The largest absolute Gasteiger partial charge is 0.256 e. The van der Waals surface area contributed by atoms with Crippen LogP contribution in [0, 0.1) is 0 Å². The van der Waals surface area contributed by atoms with Crippen LogP contribution >= 0.6 is 0 Å². The third-order valence-corrected chi connectivity index (χ3v) is 10.8. The molecule has 1 heterocycles. The first-order valence-electron chi connectivity index (χ1n) is 20.9. The van der Waals surface area contributed by atoms with Crippen LogP contribution in [0.2, 0.25) is 0 Å². The number of benzene rings is 2. The highest BCUT2D eigenvalue weighted by molar-refractivity contribution is 5.24. The van der Waals surface area contributed by atoms with Crippen LogP contribution in [0.3, 0.4) is 0 Å². The second-order valence-electron chi connectivity index (χ2n) is 15.0. The number of nitrogens with zero attached hydrogens (tertiary/aromatic N) is 2. The van der Waals surface area contributed by atoms with Crippen molar-refractivity contribution in [3.63, 3.8) is 0 Å². The standard InChI is InChI=1S/C46H75N2/c1-4-6-8-10-12-14-16-18-20-22-30-38-47-39-40-48(42(3)31-25-21-19-17-15-13-11-9-7-5-2)46(47)37-36-45(44-34-28-24-29-35-44)41-43-32-26-23-27-33-43/h23-24,26-29,32-35,39-40,42,45H,4-22,25,30-31,36-38,41H2,1-3H3/q+1. The van der Waals surface area contributed by atoms with Crippen molar-refractivity contribution in [2.75, 3.05) is 0 Å². The summed E-state index contributed by atoms with van der Waals surface area (Å²) in [6, 6.07) is 23.0. The average molecular weight is 656 g/mol. The van der Waals surface area contributed by atoms with Gasteiger partial charge < -0.3 is 0 Å². The first-order valence-corrected chi connectivity index (χ1v) is 20.9. The molecule has 0 aliphatic carbocycles. The van der Waals surface area contributed by atoms with E-state index in [-0.39, 0.29) is 0 Å². The van der Waals surface area contributed by atoms with Crippen LogP contribution in [0.15, 0.2) is 73.1 Å². The van der Waals surface area contributed by atoms with Gasteiger partial charge in [-0.25, -0.2) is 9.13 Å². The Labute approximate surface area is 298 Å². The molecule has 1 aromatic heterocycles. The molecule has 0 saturated carbocycles. The number of aryl methyl sites for hydroxylation is 1. The summed E-state index contributed by atoms with van der Waals surface area (Å²) >= 11 is 0. The van der Waals surface area contributed by atoms with Crippen LogP contribution in [0.5, 0.6) is 0 Å². The summed E-state index contributed by atoms with van der Waals surface area (Å²) in [7, 11) is 0. The van der Waals surface area contributed by atoms with E-state index >= 15 is 0 Å². The molecule has 0 radical (unpaired) electrons. The average Bonchev–Trinajstić information content (AvgIpc) is 3.53. The molecule has 0 aliphatic heterocycles. The summed E-state index contributed by atoms with van der Waals surface area (Å²) in [5, 5.41) is 0. The monoisotopic (exact) mass is 656 g/mol. The maximum atomic E-state index is 2.66. The Morgan fingerprint density at radius 1 is 0.542 bits per heavy atom. The van der Waals surface area contributed by atoms with Crippen molar-refractivity contribution in [1.29, 1.82) is 0 Å². The van der Waals surface area contributed by atoms with Gasteiger partial charge in [0.2, 0.25) is 0 Å². The molecule has 268 valence electrons. The smallest absolute Gasteiger partial charge is 0.234 e. The van der Waals surface area contributed by atoms with E-state index in [4.69, 9.17) is 0 Å². The highest BCUT2D eigenvalue weighted by atomic mass is 15.2. The molecule has 2 nitrogen and oxygen atoms in total. The van der Waals surface area contributed by atoms with Crippen molar-refractivity contribution < 1.29 is 4.57 Å². The van der Waals surface area contributed by atoms with Gasteiger partial charge in [-0.05, 0) is 62.5 Å². The molecule has 2 heteroatoms. The van der Waals surface area contributed by atoms with Crippen molar-refractivity contribution in [3.05, 3.63) is 90.0 Å². The lowest BCUT2D eigenvalue weighted by atomic mass is 9.88. The zero-order valence-electron chi connectivity index (χ0n) is 31.9. The fourth-order valence-corrected chi connectivity index (χ4v) is 7.68. The predicted molar refractivity (Wildman–Crippen MR) is 210 cm³/mol. The number of unbranched alkanes of at least 4 members (excludes halogenated alkanes) is 19. The van der Waals surface area contributed by atoms with Crippen molar-refractivity contribution in [2.24, 2.45) is 0 Å². The van der Waals surface area contributed by atoms with Crippen LogP contribution in [-0.2, 0) is 19.4 Å². The summed E-state index contributed by atoms with van der Waals surface area (Å²) < 4.78 is 5.30. The molecule has 2 atom stereocenters. The Hall–Kier alpha value is -2.35. The van der Waals surface area contributed by atoms with Gasteiger partial charge in [0.15, 0.2) is 0 Å². The molecule has 48 heavy (non-hydrogen) atoms. The van der Waals surface area contributed by atoms with Gasteiger partial charge in [-0.2, -0.15) is 0 Å². The van der Waals surface area contributed by atoms with Gasteiger partial charge >= 0.3 is 0 Å². The number of hydrogen-bond donors (Lipinski definition) is 0. The Balaban J connectivity index is 1.54. The summed E-state index contributed by atoms with van der Waals surface area (Å²) in [4.78, 5) is 0. The number of imidazole rings is 1. The quantitative estimate of drug-likeness (QED) is 0.0499. The molecule has 0 bridgehead atoms. The van der Waals surface area contributed by atoms with Crippen molar-refractivity contribution in [2.45, 2.75) is 200 Å². The lowest BCUT2D eigenvalue weighted by Gasteiger charge is -2.18. The molecule has 0 saturated heterocycles. The second kappa shape index (κ2) is 26.5. The molecule has 2 unspecified atom stereocenters. The van der Waals surface area contributed by atoms with Gasteiger partial charge in [0.25, 0.3) is 5.82 Å². The Bertz CT molecular complexity index is 1130. The minimum Gasteiger partial charge on any atom is -0.234 e. The zero-order valence-corrected chi connectivity index (χ0v) is 31.9. The van der Waals surface area contributed by atoms with E-state index in [1.54, 1.807) is 5.82 Å². The van der Waals surface area contributed by atoms with Crippen molar-refractivity contribution in [3.8, 4) is 0 Å². The summed E-state index contributed by atoms with van der Waals surface area (Å²) in [5.74, 6) is 2.08. The SMILES string of the molecule is CCCCCCCCCCCCC[n+]1ccn(C(C)CCCCCCCCCCCC)c1CCC(Cc1ccccc1)c1ccccc1. The third-order valence-electron chi connectivity index (χ3n) is 10.8. The van der Waals surface area contributed by atoms with Gasteiger partial charge in [-0.1, -0.05) is 190 Å². The molecular weight excluding hydrogens is 581 g/mol. The minimum absolute atomic E-state index is 0.532. The fourth-order valence-electron chi connectivity index (χ4n) is 7.68. The minimum atomic E-state index is 0.532. The van der Waals surface area contributed by atoms with E-state index in [0.717, 1.165) is 12.8 Å². The van der Waals surface area contributed by atoms with E-state index in [0.29, 0.717) is 12.0 Å². The zero-order chi connectivity index (χ0) is 33.9. The van der Waals surface area contributed by atoms with Gasteiger partial charge in [-0.15, -0.1) is 0 Å². The molecule has 2 aromatic carbocycles. The summed E-state index contributed by atoms with van der Waals surface area (Å²) in [6.07, 6.45) is 39.1. The maximum Gasteiger partial charge on any atom is 0.256 e. The van der Waals surface area contributed by atoms with Gasteiger partial charge in [-0.3, -0.25) is 0 Å². The third kappa shape index (κ3) is 16.8. The van der Waals surface area contributed by atoms with E-state index in [1.807, 2.05) is 0 Å². The summed E-state index contributed by atoms with van der Waals surface area (Å²) in [6.45, 7) is 8.26. The van der Waals surface area contributed by atoms with E-state index in [2.05, 4.69) is 103 Å². The molecule has 0 amide bonds. The lowest BCUT2D eigenvalue weighted by molar-refractivity contribution is -0.704. The van der Waals surface area contributed by atoms with Gasteiger partial charge in [0, 0.05) is 6.42 Å². The van der Waals surface area contributed by atoms with Gasteiger partial charge in [0.05, 0.1) is 12.6 Å². The molecular formula is C46H75N2+. The van der Waals surface area contributed by atoms with Crippen molar-refractivity contribution in [1.82, 2.24) is 4.57 Å². The molecule has 3 aromatic rings. The van der Waals surface area contributed by atoms with Gasteiger partial charge in [0.1, 0.15) is 12.4 Å². The second-order valence-corrected chi connectivity index (χ2v) is 15.0. The number of aromatic nitrogens is 2. The fraction of sp³-hybridized carbons (Fsp3) is 0.674. The first-order chi connectivity index (χ1) is 23.7. The molecule has 0 N–H and O–H groups in total. The molecule has 0 fully saturated rings. The van der Waals surface area contributed by atoms with E-state index in [1.165, 1.54) is 165 Å². The van der Waals surface area contributed by atoms with Crippen LogP contribution < -0.4 is 4.57 Å². The lowest BCUT2D eigenvalue weighted by Crippen LogP contribution is -2.38. The number of rotatable bonds is 30. The highest BCUT2D eigenvalue weighted by Crippen LogP contribution is 2.27. The predicted octanol–water partition coefficient (Wildman–Crippen LogP) is 13.9. The topological polar surface area (TPSA) is 8.81 Å². The Morgan fingerprint density at radius 3 is 1.56 bits per heavy atom. The van der Waals surface area contributed by atoms with Crippen LogP contribution in [0.1, 0.15) is 197 Å². The normalized spacial score (nSPS) is 12.8. The Morgan fingerprint density at radius 2 is 1.02 bits per heavy atom. The van der Waals surface area contributed by atoms with Crippen LogP contribution in [-0.4, -0.2) is 4.57 Å². The van der Waals surface area contributed by atoms with E-state index in [9.17, 15) is 0 Å². The Kier molecular flexibility index (Phi) is 22.1. The molecule has 0 aliphatic rings. The number of hydrogen-bond acceptors (Lipinski definition) is 0. The summed E-state index contributed by atoms with van der Waals surface area (Å²) in [5.41, 5.74) is 2.93. The van der Waals surface area contributed by atoms with E-state index < -0.39 is 0 Å². The van der Waals surface area contributed by atoms with Crippen molar-refractivity contribution >= 4 is 0 Å². The first kappa shape index (κ1) is 40.1. The highest BCUT2D eigenvalue weighted by Gasteiger charge is 2.23.